The van der Waals surface area contributed by atoms with Gasteiger partial charge in [0.25, 0.3) is 0 Å². The molecule has 0 aliphatic carbocycles. The number of hydrogen-bond acceptors (Lipinski definition) is 6. The first-order valence-electron chi connectivity index (χ1n) is 11.4. The van der Waals surface area contributed by atoms with Crippen LogP contribution in [0.3, 0.4) is 0 Å². The van der Waals surface area contributed by atoms with Crippen LogP contribution in [0, 0.1) is 11.7 Å². The zero-order valence-electron chi connectivity index (χ0n) is 19.7. The van der Waals surface area contributed by atoms with Gasteiger partial charge in [0.2, 0.25) is 15.9 Å². The molecular weight excluding hydrogens is 511 g/mol. The van der Waals surface area contributed by atoms with Crippen molar-refractivity contribution in [3.8, 4) is 0 Å². The van der Waals surface area contributed by atoms with Gasteiger partial charge >= 0.3 is 0 Å². The van der Waals surface area contributed by atoms with E-state index in [1.54, 1.807) is 29.2 Å². The number of amides is 1. The van der Waals surface area contributed by atoms with Crippen LogP contribution in [0.15, 0.2) is 47.4 Å². The number of thiazole rings is 1. The second kappa shape index (κ2) is 10.9. The molecule has 3 aromatic rings. The van der Waals surface area contributed by atoms with Gasteiger partial charge in [-0.2, -0.15) is 4.31 Å². The van der Waals surface area contributed by atoms with E-state index in [2.05, 4.69) is 4.98 Å². The minimum atomic E-state index is -3.65. The minimum Gasteiger partial charge on any atom is -0.309 e. The Bertz CT molecular complexity index is 1290. The van der Waals surface area contributed by atoms with Crippen molar-refractivity contribution in [2.45, 2.75) is 24.2 Å². The molecule has 0 spiro atoms. The van der Waals surface area contributed by atoms with Crippen LogP contribution in [-0.2, 0) is 14.8 Å². The number of rotatable bonds is 8. The van der Waals surface area contributed by atoms with Gasteiger partial charge in [-0.25, -0.2) is 17.8 Å². The molecule has 0 N–H and O–H groups in total. The third kappa shape index (κ3) is 5.83. The lowest BCUT2D eigenvalue weighted by Crippen LogP contribution is -2.45. The lowest BCUT2D eigenvalue weighted by molar-refractivity contribution is -0.123. The highest BCUT2D eigenvalue weighted by molar-refractivity contribution is 7.89. The quantitative estimate of drug-likeness (QED) is 0.423. The summed E-state index contributed by atoms with van der Waals surface area (Å²) in [7, 11) is 0.283. The summed E-state index contributed by atoms with van der Waals surface area (Å²) >= 11 is 7.19. The molecule has 2 heterocycles. The first-order chi connectivity index (χ1) is 16.7. The number of fused-ring (bicyclic) bond motifs is 1. The molecule has 0 saturated carbocycles. The van der Waals surface area contributed by atoms with E-state index in [9.17, 15) is 17.6 Å². The lowest BCUT2D eigenvalue weighted by atomic mass is 9.96. The summed E-state index contributed by atoms with van der Waals surface area (Å²) in [6, 6.07) is 10.9. The molecular formula is C24H28ClFN4O3S2. The largest absolute Gasteiger partial charge is 0.309 e. The molecule has 0 bridgehead atoms. The van der Waals surface area contributed by atoms with Crippen molar-refractivity contribution in [2.75, 3.05) is 45.2 Å². The number of hydrogen-bond donors (Lipinski definition) is 0. The average molecular weight is 539 g/mol. The molecule has 1 aliphatic rings. The van der Waals surface area contributed by atoms with Gasteiger partial charge in [-0.1, -0.05) is 29.0 Å². The Morgan fingerprint density at radius 2 is 1.83 bits per heavy atom. The standard InChI is InChI=1S/C24H28ClFN4O3S2/c1-28(2)13-4-14-30(24-27-22-20(26)5-3-6-21(22)34-24)23(31)17-11-15-29(16-12-17)35(32,33)19-9-7-18(25)8-10-19/h3,5-10,17H,4,11-16H2,1-2H3. The maximum Gasteiger partial charge on any atom is 0.243 e. The Balaban J connectivity index is 1.50. The molecule has 0 radical (unpaired) electrons. The van der Waals surface area contributed by atoms with E-state index in [-0.39, 0.29) is 35.3 Å². The van der Waals surface area contributed by atoms with Crippen molar-refractivity contribution in [1.82, 2.24) is 14.2 Å². The Morgan fingerprint density at radius 1 is 1.14 bits per heavy atom. The predicted octanol–water partition coefficient (Wildman–Crippen LogP) is 4.47. The Morgan fingerprint density at radius 3 is 2.46 bits per heavy atom. The molecule has 188 valence electrons. The molecule has 35 heavy (non-hydrogen) atoms. The van der Waals surface area contributed by atoms with Gasteiger partial charge in [-0.3, -0.25) is 9.69 Å². The average Bonchev–Trinajstić information content (AvgIpc) is 3.27. The Hall–Kier alpha value is -2.11. The van der Waals surface area contributed by atoms with Crippen LogP contribution in [-0.4, -0.2) is 68.8 Å². The Labute approximate surface area is 214 Å². The highest BCUT2D eigenvalue weighted by Gasteiger charge is 2.35. The zero-order chi connectivity index (χ0) is 25.2. The number of aromatic nitrogens is 1. The number of carbonyl (C=O) groups excluding carboxylic acids is 1. The SMILES string of the molecule is CN(C)CCCN(C(=O)C1CCN(S(=O)(=O)c2ccc(Cl)cc2)CC1)c1nc2c(F)cccc2s1. The van der Waals surface area contributed by atoms with E-state index in [1.807, 2.05) is 19.0 Å². The third-order valence-corrected chi connectivity index (χ3v) is 9.31. The smallest absolute Gasteiger partial charge is 0.243 e. The van der Waals surface area contributed by atoms with Crippen molar-refractivity contribution in [3.63, 3.8) is 0 Å². The number of sulfonamides is 1. The first kappa shape index (κ1) is 26.0. The summed E-state index contributed by atoms with van der Waals surface area (Å²) < 4.78 is 42.4. The normalized spacial score (nSPS) is 15.7. The molecule has 1 amide bonds. The maximum atomic E-state index is 14.3. The monoisotopic (exact) mass is 538 g/mol. The molecule has 1 saturated heterocycles. The number of halogens is 2. The molecule has 0 unspecified atom stereocenters. The van der Waals surface area contributed by atoms with Crippen LogP contribution in [0.25, 0.3) is 10.2 Å². The van der Waals surface area contributed by atoms with Crippen LogP contribution in [0.5, 0.6) is 0 Å². The van der Waals surface area contributed by atoms with Gasteiger partial charge in [0, 0.05) is 30.6 Å². The topological polar surface area (TPSA) is 73.8 Å². The zero-order valence-corrected chi connectivity index (χ0v) is 22.0. The number of anilines is 1. The second-order valence-electron chi connectivity index (χ2n) is 8.86. The third-order valence-electron chi connectivity index (χ3n) is 6.10. The molecule has 0 atom stereocenters. The van der Waals surface area contributed by atoms with Crippen LogP contribution >= 0.6 is 22.9 Å². The summed E-state index contributed by atoms with van der Waals surface area (Å²) in [5, 5.41) is 0.947. The van der Waals surface area contributed by atoms with E-state index < -0.39 is 15.8 Å². The van der Waals surface area contributed by atoms with E-state index in [0.717, 1.165) is 13.0 Å². The first-order valence-corrected chi connectivity index (χ1v) is 14.1. The lowest BCUT2D eigenvalue weighted by Gasteiger charge is -2.33. The van der Waals surface area contributed by atoms with Crippen LogP contribution in [0.1, 0.15) is 19.3 Å². The van der Waals surface area contributed by atoms with Gasteiger partial charge in [0.05, 0.1) is 9.60 Å². The summed E-state index contributed by atoms with van der Waals surface area (Å²) in [5.41, 5.74) is 0.266. The summed E-state index contributed by atoms with van der Waals surface area (Å²) in [6.07, 6.45) is 1.56. The van der Waals surface area contributed by atoms with Crippen LogP contribution in [0.4, 0.5) is 9.52 Å². The van der Waals surface area contributed by atoms with Crippen molar-refractivity contribution in [2.24, 2.45) is 5.92 Å². The van der Waals surface area contributed by atoms with E-state index >= 15 is 0 Å². The fourth-order valence-electron chi connectivity index (χ4n) is 4.18. The number of carbonyl (C=O) groups is 1. The van der Waals surface area contributed by atoms with Gasteiger partial charge in [0.15, 0.2) is 5.13 Å². The highest BCUT2D eigenvalue weighted by atomic mass is 35.5. The van der Waals surface area contributed by atoms with E-state index in [0.29, 0.717) is 34.2 Å². The molecule has 1 aromatic heterocycles. The number of benzene rings is 2. The van der Waals surface area contributed by atoms with Crippen molar-refractivity contribution < 1.29 is 17.6 Å². The molecule has 11 heteroatoms. The van der Waals surface area contributed by atoms with Crippen molar-refractivity contribution in [1.29, 1.82) is 0 Å². The molecule has 4 rings (SSSR count). The molecule has 2 aromatic carbocycles. The maximum absolute atomic E-state index is 14.3. The second-order valence-corrected chi connectivity index (χ2v) is 12.2. The van der Waals surface area contributed by atoms with Gasteiger partial charge in [0.1, 0.15) is 11.3 Å². The number of para-hydroxylation sites is 1. The fourth-order valence-corrected chi connectivity index (χ4v) is 6.79. The number of piperidine rings is 1. The van der Waals surface area contributed by atoms with Crippen LogP contribution in [0.2, 0.25) is 5.02 Å². The summed E-state index contributed by atoms with van der Waals surface area (Å²) in [4.78, 5) is 21.9. The predicted molar refractivity (Wildman–Crippen MR) is 138 cm³/mol. The fraction of sp³-hybridized carbons (Fsp3) is 0.417. The van der Waals surface area contributed by atoms with Crippen LogP contribution < -0.4 is 4.90 Å². The van der Waals surface area contributed by atoms with Gasteiger partial charge < -0.3 is 4.90 Å². The summed E-state index contributed by atoms with van der Waals surface area (Å²) in [6.45, 7) is 1.76. The van der Waals surface area contributed by atoms with E-state index in [1.165, 1.54) is 33.8 Å². The van der Waals surface area contributed by atoms with Gasteiger partial charge in [-0.15, -0.1) is 0 Å². The molecule has 7 nitrogen and oxygen atoms in total. The number of nitrogens with zero attached hydrogens (tertiary/aromatic N) is 4. The van der Waals surface area contributed by atoms with Gasteiger partial charge in [-0.05, 0) is 76.3 Å². The molecule has 1 aliphatic heterocycles. The summed E-state index contributed by atoms with van der Waals surface area (Å²) in [5.74, 6) is -0.832. The highest BCUT2D eigenvalue weighted by Crippen LogP contribution is 2.33. The minimum absolute atomic E-state index is 0.0910. The molecule has 1 fully saturated rings. The van der Waals surface area contributed by atoms with Crippen molar-refractivity contribution >= 4 is 54.2 Å². The van der Waals surface area contributed by atoms with E-state index in [4.69, 9.17) is 11.6 Å². The van der Waals surface area contributed by atoms with Crippen molar-refractivity contribution in [3.05, 3.63) is 53.3 Å². The Kier molecular flexibility index (Phi) is 8.07.